The second-order valence-corrected chi connectivity index (χ2v) is 13.3. The van der Waals surface area contributed by atoms with Crippen LogP contribution in [0.1, 0.15) is 35.2 Å². The fourth-order valence-corrected chi connectivity index (χ4v) is 7.29. The number of amides is 1. The third kappa shape index (κ3) is 6.84. The average Bonchev–Trinajstić information content (AvgIpc) is 3.25. The van der Waals surface area contributed by atoms with Crippen LogP contribution in [0.4, 0.5) is 0 Å². The number of hydrogen-bond acceptors (Lipinski definition) is 6. The molecule has 5 aromatic rings. The lowest BCUT2D eigenvalue weighted by atomic mass is 9.89. The van der Waals surface area contributed by atoms with Crippen molar-refractivity contribution in [1.29, 1.82) is 0 Å². The predicted molar refractivity (Wildman–Crippen MR) is 173 cm³/mol. The molecule has 1 aliphatic heterocycles. The summed E-state index contributed by atoms with van der Waals surface area (Å²) in [5.74, 6) is -1.61. The molecule has 1 aromatic heterocycles. The molecule has 4 aromatic carbocycles. The van der Waals surface area contributed by atoms with E-state index in [2.05, 4.69) is 10.3 Å². The quantitative estimate of drug-likeness (QED) is 0.238. The van der Waals surface area contributed by atoms with E-state index in [1.165, 1.54) is 12.3 Å². The smallest absolute Gasteiger partial charge is 0.260 e. The third-order valence-electron chi connectivity index (χ3n) is 8.40. The van der Waals surface area contributed by atoms with Gasteiger partial charge in [0.05, 0.1) is 12.6 Å². The zero-order chi connectivity index (χ0) is 31.4. The summed E-state index contributed by atoms with van der Waals surface area (Å²) in [5.41, 5.74) is 1.32. The number of sulfonamides is 1. The van der Waals surface area contributed by atoms with Gasteiger partial charge in [-0.3, -0.25) is 14.4 Å². The van der Waals surface area contributed by atoms with E-state index in [0.29, 0.717) is 18.4 Å². The highest BCUT2D eigenvalue weighted by molar-refractivity contribution is 7.89. The number of carbonyl (C=O) groups is 3. The maximum Gasteiger partial charge on any atom is 0.260 e. The van der Waals surface area contributed by atoms with Gasteiger partial charge in [0.2, 0.25) is 0 Å². The van der Waals surface area contributed by atoms with Gasteiger partial charge < -0.3 is 5.32 Å². The van der Waals surface area contributed by atoms with Crippen LogP contribution in [-0.4, -0.2) is 54.3 Å². The fourth-order valence-electron chi connectivity index (χ4n) is 5.91. The van der Waals surface area contributed by atoms with Gasteiger partial charge in [0.25, 0.3) is 15.9 Å². The summed E-state index contributed by atoms with van der Waals surface area (Å²) in [6, 6.07) is 30.7. The molecule has 45 heavy (non-hydrogen) atoms. The largest absolute Gasteiger partial charge is 0.342 e. The lowest BCUT2D eigenvalue weighted by Crippen LogP contribution is -2.44. The molecule has 1 amide bonds. The van der Waals surface area contributed by atoms with Crippen LogP contribution in [0.5, 0.6) is 0 Å². The number of nitrogens with one attached hydrogen (secondary N) is 1. The van der Waals surface area contributed by atoms with Crippen LogP contribution in [0.25, 0.3) is 21.5 Å². The molecule has 1 saturated heterocycles. The van der Waals surface area contributed by atoms with Crippen molar-refractivity contribution in [2.45, 2.75) is 36.8 Å². The van der Waals surface area contributed by atoms with Crippen LogP contribution in [0.2, 0.25) is 0 Å². The molecule has 0 unspecified atom stereocenters. The molecule has 8 nitrogen and oxygen atoms in total. The van der Waals surface area contributed by atoms with Crippen LogP contribution in [0, 0.1) is 5.92 Å². The normalized spacial score (nSPS) is 16.7. The number of ketones is 2. The average molecular weight is 620 g/mol. The monoisotopic (exact) mass is 619 g/mol. The summed E-state index contributed by atoms with van der Waals surface area (Å²) in [6.45, 7) is -0.162. The van der Waals surface area contributed by atoms with Crippen LogP contribution in [0.15, 0.2) is 114 Å². The predicted octanol–water partition coefficient (Wildman–Crippen LogP) is 5.36. The minimum Gasteiger partial charge on any atom is -0.342 e. The maximum absolute atomic E-state index is 13.9. The Bertz CT molecular complexity index is 1990. The van der Waals surface area contributed by atoms with Gasteiger partial charge >= 0.3 is 0 Å². The van der Waals surface area contributed by atoms with Gasteiger partial charge in [-0.05, 0) is 70.6 Å². The first-order valence-electron chi connectivity index (χ1n) is 15.0. The summed E-state index contributed by atoms with van der Waals surface area (Å²) in [5, 5.41) is 6.85. The van der Waals surface area contributed by atoms with Crippen molar-refractivity contribution in [2.75, 3.05) is 13.1 Å². The summed E-state index contributed by atoms with van der Waals surface area (Å²) < 4.78 is 27.5. The van der Waals surface area contributed by atoms with E-state index in [1.54, 1.807) is 24.3 Å². The van der Waals surface area contributed by atoms with E-state index in [0.717, 1.165) is 31.4 Å². The second kappa shape index (κ2) is 13.1. The van der Waals surface area contributed by atoms with E-state index in [-0.39, 0.29) is 48.4 Å². The number of fused-ring (bicyclic) bond motifs is 2. The Morgan fingerprint density at radius 2 is 1.51 bits per heavy atom. The summed E-state index contributed by atoms with van der Waals surface area (Å²) in [4.78, 5) is 44.7. The Kier molecular flexibility index (Phi) is 8.82. The van der Waals surface area contributed by atoms with Gasteiger partial charge in [0.1, 0.15) is 0 Å². The van der Waals surface area contributed by atoms with Gasteiger partial charge in [-0.2, -0.15) is 4.31 Å². The van der Waals surface area contributed by atoms with E-state index >= 15 is 0 Å². The number of hydrogen-bond donors (Lipinski definition) is 1. The van der Waals surface area contributed by atoms with Crippen molar-refractivity contribution in [3.8, 4) is 0 Å². The lowest BCUT2D eigenvalue weighted by molar-refractivity contribution is -0.128. The van der Waals surface area contributed by atoms with E-state index < -0.39 is 22.0 Å². The van der Waals surface area contributed by atoms with Crippen LogP contribution < -0.4 is 5.32 Å². The van der Waals surface area contributed by atoms with Gasteiger partial charge in [-0.25, -0.2) is 13.4 Å². The minimum atomic E-state index is -3.95. The standard InChI is InChI=1S/C36H33N3O5S/c40-33(23-30-12-7-19-39(24-34(30)41)45(43,44)35-13-5-6-18-37-35)32(21-25-14-15-26-8-1-3-10-28(26)20-25)38-36(42)31-17-16-27-9-2-4-11-29(27)22-31/h1-6,8-11,13-18,20,22,30,32H,7,12,19,21,23-24H2,(H,38,42)/t30-,32+/m1/s1. The molecule has 9 heteroatoms. The molecule has 6 rings (SSSR count). The molecule has 2 heterocycles. The van der Waals surface area contributed by atoms with Crippen LogP contribution in [0.3, 0.4) is 0 Å². The summed E-state index contributed by atoms with van der Waals surface area (Å²) >= 11 is 0. The van der Waals surface area contributed by atoms with Crippen molar-refractivity contribution in [3.05, 3.63) is 120 Å². The van der Waals surface area contributed by atoms with Crippen LogP contribution >= 0.6 is 0 Å². The van der Waals surface area contributed by atoms with Crippen molar-refractivity contribution >= 4 is 49.0 Å². The first-order valence-corrected chi connectivity index (χ1v) is 16.5. The number of nitrogens with zero attached hydrogens (tertiary/aromatic N) is 2. The highest BCUT2D eigenvalue weighted by atomic mass is 32.2. The molecule has 0 bridgehead atoms. The van der Waals surface area contributed by atoms with Crippen LogP contribution in [-0.2, 0) is 26.0 Å². The Balaban J connectivity index is 1.22. The van der Waals surface area contributed by atoms with E-state index in [9.17, 15) is 22.8 Å². The molecule has 228 valence electrons. The first kappa shape index (κ1) is 30.3. The van der Waals surface area contributed by atoms with Crippen molar-refractivity contribution in [1.82, 2.24) is 14.6 Å². The highest BCUT2D eigenvalue weighted by Gasteiger charge is 2.35. The third-order valence-corrected chi connectivity index (χ3v) is 10.2. The van der Waals surface area contributed by atoms with E-state index in [4.69, 9.17) is 0 Å². The summed E-state index contributed by atoms with van der Waals surface area (Å²) in [6.07, 6.45) is 2.36. The molecule has 2 atom stereocenters. The Hall–Kier alpha value is -4.73. The molecule has 1 N–H and O–H groups in total. The van der Waals surface area contributed by atoms with Gasteiger partial charge in [-0.15, -0.1) is 0 Å². The lowest BCUT2D eigenvalue weighted by Gasteiger charge is -2.21. The molecule has 0 saturated carbocycles. The number of Topliss-reactive ketones (excluding diaryl/α,β-unsaturated/α-hetero) is 2. The van der Waals surface area contributed by atoms with Gasteiger partial charge in [0.15, 0.2) is 16.6 Å². The van der Waals surface area contributed by atoms with Gasteiger partial charge in [-0.1, -0.05) is 78.9 Å². The zero-order valence-electron chi connectivity index (χ0n) is 24.6. The molecular weight excluding hydrogens is 586 g/mol. The van der Waals surface area contributed by atoms with Gasteiger partial charge in [0, 0.05) is 30.6 Å². The van der Waals surface area contributed by atoms with Crippen molar-refractivity contribution in [3.63, 3.8) is 0 Å². The Morgan fingerprint density at radius 1 is 0.844 bits per heavy atom. The molecule has 0 radical (unpaired) electrons. The number of pyridine rings is 1. The van der Waals surface area contributed by atoms with Crippen molar-refractivity contribution in [2.24, 2.45) is 5.92 Å². The number of carbonyl (C=O) groups excluding carboxylic acids is 3. The Morgan fingerprint density at radius 3 is 2.22 bits per heavy atom. The molecule has 1 fully saturated rings. The highest BCUT2D eigenvalue weighted by Crippen LogP contribution is 2.25. The number of benzene rings is 4. The maximum atomic E-state index is 13.9. The summed E-state index contributed by atoms with van der Waals surface area (Å²) in [7, 11) is -3.95. The molecular formula is C36H33N3O5S. The van der Waals surface area contributed by atoms with Crippen molar-refractivity contribution < 1.29 is 22.8 Å². The SMILES string of the molecule is O=C(N[C@@H](Cc1ccc2ccccc2c1)C(=O)C[C@H]1CCCN(S(=O)(=O)c2ccccn2)CC1=O)c1ccc2ccccc2c1. The molecule has 1 aliphatic rings. The minimum absolute atomic E-state index is 0.0907. The second-order valence-electron chi connectivity index (χ2n) is 11.5. The van der Waals surface area contributed by atoms with E-state index in [1.807, 2.05) is 72.8 Å². The topological polar surface area (TPSA) is 114 Å². The zero-order valence-corrected chi connectivity index (χ0v) is 25.5. The Labute approximate surface area is 262 Å². The number of rotatable bonds is 9. The molecule has 0 spiro atoms. The molecule has 0 aliphatic carbocycles. The first-order chi connectivity index (χ1) is 21.8. The number of aromatic nitrogens is 1. The fraction of sp³-hybridized carbons (Fsp3) is 0.222.